The average Bonchev–Trinajstić information content (AvgIpc) is 3.58. The molecule has 6 nitrogen and oxygen atoms in total. The predicted molar refractivity (Wildman–Crippen MR) is 136 cm³/mol. The summed E-state index contributed by atoms with van der Waals surface area (Å²) in [4.78, 5) is 22.2. The van der Waals surface area contributed by atoms with E-state index in [-0.39, 0.29) is 0 Å². The molecule has 36 heavy (non-hydrogen) atoms. The molecule has 3 heterocycles. The van der Waals surface area contributed by atoms with Gasteiger partial charge >= 0.3 is 12.1 Å². The first-order valence-corrected chi connectivity index (χ1v) is 12.4. The minimum atomic E-state index is -5.08. The zero-order valence-electron chi connectivity index (χ0n) is 19.7. The number of thiophene rings is 1. The number of aryl methyl sites for hydroxylation is 1. The molecule has 1 aliphatic heterocycles. The molecule has 1 unspecified atom stereocenters. The topological polar surface area (TPSA) is 95.2 Å². The van der Waals surface area contributed by atoms with Gasteiger partial charge in [0.1, 0.15) is 5.82 Å². The van der Waals surface area contributed by atoms with Crippen LogP contribution < -0.4 is 5.73 Å². The molecule has 0 radical (unpaired) electrons. The van der Waals surface area contributed by atoms with Crippen LogP contribution in [-0.2, 0) is 11.3 Å². The number of carboxylic acid groups (broad SMARTS) is 1. The lowest BCUT2D eigenvalue weighted by atomic mass is 10.1. The van der Waals surface area contributed by atoms with Crippen molar-refractivity contribution in [2.45, 2.75) is 38.5 Å². The molecule has 1 atom stereocenters. The van der Waals surface area contributed by atoms with Crippen LogP contribution in [-0.4, -0.2) is 51.3 Å². The highest BCUT2D eigenvalue weighted by Gasteiger charge is 2.38. The van der Waals surface area contributed by atoms with Gasteiger partial charge in [-0.1, -0.05) is 30.3 Å². The van der Waals surface area contributed by atoms with Crippen molar-refractivity contribution in [2.75, 3.05) is 13.1 Å². The smallest absolute Gasteiger partial charge is 0.475 e. The van der Waals surface area contributed by atoms with Crippen molar-refractivity contribution in [3.8, 4) is 21.1 Å². The van der Waals surface area contributed by atoms with Crippen molar-refractivity contribution < 1.29 is 23.1 Å². The lowest BCUT2D eigenvalue weighted by molar-refractivity contribution is -0.192. The number of hydrogen-bond donors (Lipinski definition) is 3. The zero-order chi connectivity index (χ0) is 25.9. The summed E-state index contributed by atoms with van der Waals surface area (Å²) in [6.07, 6.45) is -2.60. The summed E-state index contributed by atoms with van der Waals surface area (Å²) in [7, 11) is 0. The van der Waals surface area contributed by atoms with Gasteiger partial charge in [-0.3, -0.25) is 4.90 Å². The molecule has 1 fully saturated rings. The van der Waals surface area contributed by atoms with Gasteiger partial charge in [0.25, 0.3) is 0 Å². The Balaban J connectivity index is 0.000000384. The molecular formula is C26H27F3N4O2S. The van der Waals surface area contributed by atoms with E-state index in [1.807, 2.05) is 0 Å². The highest BCUT2D eigenvalue weighted by Crippen LogP contribution is 2.35. The van der Waals surface area contributed by atoms with Crippen LogP contribution in [0.3, 0.4) is 0 Å². The molecule has 5 rings (SSSR count). The van der Waals surface area contributed by atoms with E-state index >= 15 is 0 Å². The standard InChI is InChI=1S/C24H26N4S.C2HF3O2/c1-16-5-2-9-20-23(16)27-24(26-20)22-11-10-21(29-22)18-7-3-6-17(13-18)15-28-12-4-8-19(28)14-25;3-2(4,5)1(6)7/h2-3,5-7,9-11,13,19H,4,8,12,14-15,25H2,1H3,(H,26,27);(H,6,7). The maximum atomic E-state index is 10.6. The second-order valence-corrected chi connectivity index (χ2v) is 9.81. The van der Waals surface area contributed by atoms with Crippen molar-refractivity contribution in [3.63, 3.8) is 0 Å². The number of aromatic amines is 1. The van der Waals surface area contributed by atoms with Crippen LogP contribution in [0.5, 0.6) is 0 Å². The summed E-state index contributed by atoms with van der Waals surface area (Å²) in [5, 5.41) is 7.12. The van der Waals surface area contributed by atoms with E-state index in [1.165, 1.54) is 39.3 Å². The molecule has 0 aliphatic carbocycles. The third-order valence-corrected chi connectivity index (χ3v) is 7.31. The highest BCUT2D eigenvalue weighted by molar-refractivity contribution is 7.18. The molecule has 10 heteroatoms. The Hall–Kier alpha value is -3.21. The number of hydrogen-bond acceptors (Lipinski definition) is 5. The average molecular weight is 517 g/mol. The summed E-state index contributed by atoms with van der Waals surface area (Å²) < 4.78 is 31.7. The number of nitrogens with zero attached hydrogens (tertiary/aromatic N) is 2. The fraction of sp³-hybridized carbons (Fsp3) is 0.308. The number of carbonyl (C=O) groups is 1. The van der Waals surface area contributed by atoms with E-state index in [1.54, 1.807) is 11.3 Å². The van der Waals surface area contributed by atoms with Gasteiger partial charge in [-0.2, -0.15) is 13.2 Å². The second kappa shape index (κ2) is 10.8. The first kappa shape index (κ1) is 25.9. The molecule has 0 amide bonds. The Kier molecular flexibility index (Phi) is 7.77. The molecule has 0 saturated carbocycles. The molecule has 0 bridgehead atoms. The Bertz CT molecular complexity index is 1350. The van der Waals surface area contributed by atoms with Crippen molar-refractivity contribution in [1.29, 1.82) is 0 Å². The Morgan fingerprint density at radius 2 is 1.92 bits per heavy atom. The first-order valence-electron chi connectivity index (χ1n) is 11.5. The van der Waals surface area contributed by atoms with Crippen LogP contribution in [0.25, 0.3) is 32.2 Å². The lowest BCUT2D eigenvalue weighted by Gasteiger charge is -2.23. The minimum absolute atomic E-state index is 0.531. The number of fused-ring (bicyclic) bond motifs is 1. The number of aromatic nitrogens is 2. The van der Waals surface area contributed by atoms with Crippen LogP contribution >= 0.6 is 11.3 Å². The Morgan fingerprint density at radius 3 is 2.61 bits per heavy atom. The quantitative estimate of drug-likeness (QED) is 0.311. The minimum Gasteiger partial charge on any atom is -0.475 e. The number of aliphatic carboxylic acids is 1. The number of imidazole rings is 1. The van der Waals surface area contributed by atoms with E-state index in [4.69, 9.17) is 20.6 Å². The normalized spacial score (nSPS) is 16.2. The molecule has 190 valence electrons. The lowest BCUT2D eigenvalue weighted by Crippen LogP contribution is -2.34. The molecular weight excluding hydrogens is 489 g/mol. The van der Waals surface area contributed by atoms with Gasteiger partial charge in [0.15, 0.2) is 0 Å². The number of benzene rings is 2. The molecule has 4 aromatic rings. The monoisotopic (exact) mass is 516 g/mol. The van der Waals surface area contributed by atoms with Gasteiger partial charge in [0.05, 0.1) is 15.9 Å². The number of nitrogens with one attached hydrogen (secondary N) is 1. The van der Waals surface area contributed by atoms with Gasteiger partial charge in [-0.25, -0.2) is 9.78 Å². The van der Waals surface area contributed by atoms with Gasteiger partial charge in [0.2, 0.25) is 0 Å². The SMILES string of the molecule is Cc1cccc2[nH]c(-c3ccc(-c4cccc(CN5CCCC5CN)c4)s3)nc12.O=C(O)C(F)(F)F. The van der Waals surface area contributed by atoms with E-state index in [9.17, 15) is 13.2 Å². The summed E-state index contributed by atoms with van der Waals surface area (Å²) >= 11 is 1.79. The summed E-state index contributed by atoms with van der Waals surface area (Å²) in [6.45, 7) is 5.00. The van der Waals surface area contributed by atoms with Crippen LogP contribution in [0, 0.1) is 6.92 Å². The van der Waals surface area contributed by atoms with Crippen LogP contribution in [0.1, 0.15) is 24.0 Å². The third-order valence-electron chi connectivity index (χ3n) is 6.16. The summed E-state index contributed by atoms with van der Waals surface area (Å²) in [5.41, 5.74) is 11.9. The second-order valence-electron chi connectivity index (χ2n) is 8.73. The third kappa shape index (κ3) is 5.95. The Morgan fingerprint density at radius 1 is 1.19 bits per heavy atom. The fourth-order valence-corrected chi connectivity index (χ4v) is 5.29. The zero-order valence-corrected chi connectivity index (χ0v) is 20.5. The van der Waals surface area contributed by atoms with Crippen molar-refractivity contribution in [3.05, 3.63) is 65.7 Å². The molecule has 4 N–H and O–H groups in total. The van der Waals surface area contributed by atoms with Gasteiger partial charge in [0, 0.05) is 24.0 Å². The summed E-state index contributed by atoms with van der Waals surface area (Å²) in [6, 6.07) is 20.1. The molecule has 0 spiro atoms. The van der Waals surface area contributed by atoms with Crippen LogP contribution in [0.4, 0.5) is 13.2 Å². The first-order chi connectivity index (χ1) is 17.2. The fourth-order valence-electron chi connectivity index (χ4n) is 4.34. The van der Waals surface area contributed by atoms with E-state index < -0.39 is 12.1 Å². The molecule has 1 aliphatic rings. The van der Waals surface area contributed by atoms with Gasteiger partial charge in [-0.15, -0.1) is 11.3 Å². The maximum Gasteiger partial charge on any atom is 0.490 e. The van der Waals surface area contributed by atoms with E-state index in [0.717, 1.165) is 36.5 Å². The van der Waals surface area contributed by atoms with Crippen molar-refractivity contribution in [2.24, 2.45) is 5.73 Å². The highest BCUT2D eigenvalue weighted by atomic mass is 32.1. The van der Waals surface area contributed by atoms with E-state index in [0.29, 0.717) is 6.04 Å². The largest absolute Gasteiger partial charge is 0.490 e. The number of carboxylic acids is 1. The number of nitrogens with two attached hydrogens (primary N) is 1. The number of H-pyrrole nitrogens is 1. The number of rotatable bonds is 5. The van der Waals surface area contributed by atoms with Crippen LogP contribution in [0.2, 0.25) is 0 Å². The molecule has 1 saturated heterocycles. The number of halogens is 3. The Labute approximate surface area is 210 Å². The number of likely N-dealkylation sites (tertiary alicyclic amines) is 1. The number of para-hydroxylation sites is 1. The summed E-state index contributed by atoms with van der Waals surface area (Å²) in [5.74, 6) is -1.81. The van der Waals surface area contributed by atoms with Crippen LogP contribution in [0.15, 0.2) is 54.6 Å². The van der Waals surface area contributed by atoms with Crippen molar-refractivity contribution in [1.82, 2.24) is 14.9 Å². The maximum absolute atomic E-state index is 10.6. The number of alkyl halides is 3. The molecule has 2 aromatic carbocycles. The van der Waals surface area contributed by atoms with Gasteiger partial charge < -0.3 is 15.8 Å². The predicted octanol–water partition coefficient (Wildman–Crippen LogP) is 5.82. The van der Waals surface area contributed by atoms with E-state index in [2.05, 4.69) is 71.4 Å². The molecule has 2 aromatic heterocycles. The van der Waals surface area contributed by atoms with Gasteiger partial charge in [-0.05, 0) is 67.3 Å². The van der Waals surface area contributed by atoms with Crippen molar-refractivity contribution >= 4 is 28.3 Å².